The highest BCUT2D eigenvalue weighted by Crippen LogP contribution is 2.27. The number of nitrogens with zero attached hydrogens (tertiary/aromatic N) is 1. The smallest absolute Gasteiger partial charge is 0.317 e. The highest BCUT2D eigenvalue weighted by Gasteiger charge is 2.33. The number of aliphatic carboxylic acids is 1. The number of carboxylic acids is 1. The lowest BCUT2D eigenvalue weighted by atomic mass is 9.86. The van der Waals surface area contributed by atoms with Crippen molar-refractivity contribution in [1.82, 2.24) is 10.2 Å². The van der Waals surface area contributed by atoms with Gasteiger partial charge in [0.1, 0.15) is 0 Å². The maximum Gasteiger partial charge on any atom is 0.317 e. The molecule has 2 N–H and O–H groups in total. The van der Waals surface area contributed by atoms with Crippen molar-refractivity contribution in [1.29, 1.82) is 0 Å². The van der Waals surface area contributed by atoms with E-state index in [1.807, 2.05) is 4.90 Å². The van der Waals surface area contributed by atoms with Crippen molar-refractivity contribution in [2.45, 2.75) is 47.1 Å². The predicted molar refractivity (Wildman–Crippen MR) is 73.9 cm³/mol. The van der Waals surface area contributed by atoms with Gasteiger partial charge in [-0.15, -0.1) is 0 Å². The zero-order valence-corrected chi connectivity index (χ0v) is 12.6. The molecule has 110 valence electrons. The van der Waals surface area contributed by atoms with Crippen LogP contribution in [0.5, 0.6) is 0 Å². The Morgan fingerprint density at radius 2 is 1.89 bits per heavy atom. The van der Waals surface area contributed by atoms with Crippen molar-refractivity contribution >= 4 is 12.0 Å². The van der Waals surface area contributed by atoms with Crippen LogP contribution in [0.15, 0.2) is 0 Å². The molecule has 19 heavy (non-hydrogen) atoms. The van der Waals surface area contributed by atoms with Crippen LogP contribution in [-0.2, 0) is 4.79 Å². The molecule has 0 aromatic carbocycles. The molecule has 3 atom stereocenters. The zero-order valence-electron chi connectivity index (χ0n) is 12.6. The largest absolute Gasteiger partial charge is 0.481 e. The van der Waals surface area contributed by atoms with Gasteiger partial charge in [0, 0.05) is 19.1 Å². The lowest BCUT2D eigenvalue weighted by molar-refractivity contribution is -0.146. The summed E-state index contributed by atoms with van der Waals surface area (Å²) in [5.74, 6) is 0.0626. The van der Waals surface area contributed by atoms with Crippen molar-refractivity contribution in [3.05, 3.63) is 0 Å². The first-order chi connectivity index (χ1) is 8.65. The molecule has 2 amide bonds. The maximum absolute atomic E-state index is 12.2. The van der Waals surface area contributed by atoms with Gasteiger partial charge in [0.25, 0.3) is 0 Å². The Kier molecular flexibility index (Phi) is 4.82. The van der Waals surface area contributed by atoms with Crippen LogP contribution in [0, 0.1) is 17.3 Å². The number of carboxylic acid groups (broad SMARTS) is 1. The Morgan fingerprint density at radius 3 is 2.42 bits per heavy atom. The lowest BCUT2D eigenvalue weighted by Gasteiger charge is -2.41. The van der Waals surface area contributed by atoms with Crippen LogP contribution in [0.25, 0.3) is 0 Å². The Bertz CT molecular complexity index is 355. The molecule has 1 saturated heterocycles. The van der Waals surface area contributed by atoms with Gasteiger partial charge < -0.3 is 15.3 Å². The van der Waals surface area contributed by atoms with Gasteiger partial charge in [-0.05, 0) is 39.0 Å². The van der Waals surface area contributed by atoms with Gasteiger partial charge in [0.05, 0.1) is 5.41 Å². The van der Waals surface area contributed by atoms with E-state index in [0.717, 1.165) is 13.0 Å². The lowest BCUT2D eigenvalue weighted by Crippen LogP contribution is -2.54. The van der Waals surface area contributed by atoms with Gasteiger partial charge in [-0.3, -0.25) is 4.79 Å². The molecular formula is C14H26N2O3. The van der Waals surface area contributed by atoms with Gasteiger partial charge in [0.15, 0.2) is 0 Å². The van der Waals surface area contributed by atoms with E-state index < -0.39 is 11.4 Å². The monoisotopic (exact) mass is 270 g/mol. The van der Waals surface area contributed by atoms with E-state index in [0.29, 0.717) is 11.8 Å². The van der Waals surface area contributed by atoms with Crippen LogP contribution in [-0.4, -0.2) is 41.1 Å². The van der Waals surface area contributed by atoms with E-state index >= 15 is 0 Å². The third-order valence-electron chi connectivity index (χ3n) is 4.12. The molecule has 3 unspecified atom stereocenters. The number of nitrogens with one attached hydrogen (secondary N) is 1. The Balaban J connectivity index is 2.60. The molecule has 5 heteroatoms. The maximum atomic E-state index is 12.2. The highest BCUT2D eigenvalue weighted by atomic mass is 16.4. The average Bonchev–Trinajstić information content (AvgIpc) is 2.30. The summed E-state index contributed by atoms with van der Waals surface area (Å²) in [5.41, 5.74) is -0.939. The van der Waals surface area contributed by atoms with E-state index in [1.54, 1.807) is 13.8 Å². The van der Waals surface area contributed by atoms with Gasteiger partial charge >= 0.3 is 12.0 Å². The summed E-state index contributed by atoms with van der Waals surface area (Å²) in [7, 11) is 0. The molecule has 1 fully saturated rings. The first-order valence-corrected chi connectivity index (χ1v) is 6.93. The van der Waals surface area contributed by atoms with Crippen LogP contribution in [0.1, 0.15) is 41.0 Å². The summed E-state index contributed by atoms with van der Waals surface area (Å²) in [6, 6.07) is 0.0457. The van der Waals surface area contributed by atoms with Gasteiger partial charge in [-0.2, -0.15) is 0 Å². The fraction of sp³-hybridized carbons (Fsp3) is 0.857. The van der Waals surface area contributed by atoms with E-state index in [9.17, 15) is 9.59 Å². The molecule has 0 aromatic heterocycles. The minimum Gasteiger partial charge on any atom is -0.481 e. The fourth-order valence-corrected chi connectivity index (χ4v) is 2.46. The Morgan fingerprint density at radius 1 is 1.32 bits per heavy atom. The van der Waals surface area contributed by atoms with E-state index in [1.165, 1.54) is 0 Å². The number of urea groups is 1. The number of likely N-dealkylation sites (tertiary alicyclic amines) is 1. The standard InChI is InChI=1S/C14H26N2O3/c1-9-6-10(2)11(3)16(7-9)13(19)15-8-14(4,5)12(17)18/h9-11H,6-8H2,1-5H3,(H,15,19)(H,17,18). The number of hydrogen-bond donors (Lipinski definition) is 2. The Hall–Kier alpha value is -1.26. The molecule has 0 saturated carbocycles. The van der Waals surface area contributed by atoms with Gasteiger partial charge in [0.2, 0.25) is 0 Å². The van der Waals surface area contributed by atoms with Crippen LogP contribution in [0.4, 0.5) is 4.79 Å². The van der Waals surface area contributed by atoms with Crippen LogP contribution in [0.2, 0.25) is 0 Å². The summed E-state index contributed by atoms with van der Waals surface area (Å²) < 4.78 is 0. The number of carbonyl (C=O) groups is 2. The molecule has 1 heterocycles. The molecule has 0 radical (unpaired) electrons. The molecule has 1 aliphatic heterocycles. The number of amides is 2. The minimum atomic E-state index is -0.939. The second kappa shape index (κ2) is 5.80. The molecule has 5 nitrogen and oxygen atoms in total. The number of rotatable bonds is 3. The van der Waals surface area contributed by atoms with Crippen molar-refractivity contribution in [3.63, 3.8) is 0 Å². The second-order valence-electron chi connectivity index (χ2n) is 6.56. The summed E-state index contributed by atoms with van der Waals surface area (Å²) in [5, 5.41) is 11.8. The number of carbonyl (C=O) groups excluding carboxylic acids is 1. The third-order valence-corrected chi connectivity index (χ3v) is 4.12. The molecule has 0 spiro atoms. The van der Waals surface area contributed by atoms with E-state index in [4.69, 9.17) is 5.11 Å². The quantitative estimate of drug-likeness (QED) is 0.825. The number of hydrogen-bond acceptors (Lipinski definition) is 2. The highest BCUT2D eigenvalue weighted by molar-refractivity contribution is 5.77. The van der Waals surface area contributed by atoms with Crippen molar-refractivity contribution < 1.29 is 14.7 Å². The SMILES string of the molecule is CC1CC(C)C(C)N(C(=O)NCC(C)(C)C(=O)O)C1. The third kappa shape index (κ3) is 3.85. The molecule has 0 aliphatic carbocycles. The predicted octanol–water partition coefficient (Wildman–Crippen LogP) is 2.17. The summed E-state index contributed by atoms with van der Waals surface area (Å²) >= 11 is 0. The molecule has 0 aromatic rings. The normalized spacial score (nSPS) is 28.1. The fourth-order valence-electron chi connectivity index (χ4n) is 2.46. The van der Waals surface area contributed by atoms with Crippen LogP contribution < -0.4 is 5.32 Å². The van der Waals surface area contributed by atoms with Crippen molar-refractivity contribution in [2.75, 3.05) is 13.1 Å². The number of piperidine rings is 1. The molecule has 1 rings (SSSR count). The van der Waals surface area contributed by atoms with E-state index in [2.05, 4.69) is 26.1 Å². The Labute approximate surface area is 115 Å². The van der Waals surface area contributed by atoms with Crippen molar-refractivity contribution in [2.24, 2.45) is 17.3 Å². The summed E-state index contributed by atoms with van der Waals surface area (Å²) in [6.45, 7) is 10.5. The van der Waals surface area contributed by atoms with Crippen molar-refractivity contribution in [3.8, 4) is 0 Å². The molecular weight excluding hydrogens is 244 g/mol. The minimum absolute atomic E-state index is 0.146. The van der Waals surface area contributed by atoms with E-state index in [-0.39, 0.29) is 18.6 Å². The summed E-state index contributed by atoms with van der Waals surface area (Å²) in [6.07, 6.45) is 1.13. The van der Waals surface area contributed by atoms with Gasteiger partial charge in [-0.25, -0.2) is 4.79 Å². The van der Waals surface area contributed by atoms with Crippen LogP contribution >= 0.6 is 0 Å². The van der Waals surface area contributed by atoms with Crippen LogP contribution in [0.3, 0.4) is 0 Å². The zero-order chi connectivity index (χ0) is 14.8. The molecule has 1 aliphatic rings. The first-order valence-electron chi connectivity index (χ1n) is 6.93. The van der Waals surface area contributed by atoms with Gasteiger partial charge in [-0.1, -0.05) is 13.8 Å². The average molecular weight is 270 g/mol. The molecule has 0 bridgehead atoms. The first kappa shape index (κ1) is 15.8. The topological polar surface area (TPSA) is 69.6 Å². The summed E-state index contributed by atoms with van der Waals surface area (Å²) in [4.78, 5) is 25.0. The second-order valence-corrected chi connectivity index (χ2v) is 6.56.